The van der Waals surface area contributed by atoms with Gasteiger partial charge in [0.15, 0.2) is 11.5 Å². The Morgan fingerprint density at radius 3 is 2.79 bits per heavy atom. The first-order valence-electron chi connectivity index (χ1n) is 5.39. The highest BCUT2D eigenvalue weighted by atomic mass is 79.9. The lowest BCUT2D eigenvalue weighted by Crippen LogP contribution is -1.90. The van der Waals surface area contributed by atoms with Gasteiger partial charge in [0.2, 0.25) is 0 Å². The summed E-state index contributed by atoms with van der Waals surface area (Å²) < 4.78 is 2.65. The van der Waals surface area contributed by atoms with E-state index in [-0.39, 0.29) is 0 Å². The molecule has 0 aliphatic rings. The Hall–Kier alpha value is -1.90. The van der Waals surface area contributed by atoms with Crippen LogP contribution >= 0.6 is 27.5 Å². The summed E-state index contributed by atoms with van der Waals surface area (Å²) >= 11 is 9.43. The minimum atomic E-state index is 0.556. The summed E-state index contributed by atoms with van der Waals surface area (Å²) in [4.78, 5) is 0. The number of rotatable bonds is 1. The number of fused-ring (bicyclic) bond motifs is 1. The lowest BCUT2D eigenvalue weighted by Gasteiger charge is -2.02. The summed E-state index contributed by atoms with van der Waals surface area (Å²) in [5, 5.41) is 17.7. The van der Waals surface area contributed by atoms with E-state index in [1.165, 1.54) is 0 Å². The van der Waals surface area contributed by atoms with Crippen LogP contribution in [0.15, 0.2) is 41.0 Å². The van der Waals surface area contributed by atoms with E-state index in [4.69, 9.17) is 16.9 Å². The minimum Gasteiger partial charge on any atom is -0.282 e. The molecule has 0 N–H and O–H groups in total. The van der Waals surface area contributed by atoms with Crippen molar-refractivity contribution in [2.45, 2.75) is 0 Å². The van der Waals surface area contributed by atoms with Crippen molar-refractivity contribution in [3.05, 3.63) is 51.6 Å². The first kappa shape index (κ1) is 12.2. The molecule has 0 fully saturated rings. The molecule has 3 rings (SSSR count). The van der Waals surface area contributed by atoms with Gasteiger partial charge in [-0.2, -0.15) is 5.26 Å². The predicted octanol–water partition coefficient (Wildman–Crippen LogP) is 3.68. The van der Waals surface area contributed by atoms with Gasteiger partial charge in [0.1, 0.15) is 0 Å². The SMILES string of the molecule is N#Cc1ccn2c(-c3ccc(Br)c(Cl)c3)nnc2c1. The molecule has 0 aliphatic heterocycles. The van der Waals surface area contributed by atoms with Crippen molar-refractivity contribution in [3.8, 4) is 17.5 Å². The van der Waals surface area contributed by atoms with Crippen molar-refractivity contribution in [1.29, 1.82) is 5.26 Å². The lowest BCUT2D eigenvalue weighted by molar-refractivity contribution is 1.11. The summed E-state index contributed by atoms with van der Waals surface area (Å²) in [6.45, 7) is 0. The molecule has 0 saturated carbocycles. The number of benzene rings is 1. The van der Waals surface area contributed by atoms with Crippen LogP contribution in [0.25, 0.3) is 17.0 Å². The molecule has 0 atom stereocenters. The molecule has 4 nitrogen and oxygen atoms in total. The molecule has 2 aromatic heterocycles. The fraction of sp³-hybridized carbons (Fsp3) is 0. The Balaban J connectivity index is 2.20. The molecular formula is C13H6BrClN4. The van der Waals surface area contributed by atoms with Crippen LogP contribution in [-0.4, -0.2) is 14.6 Å². The van der Waals surface area contributed by atoms with E-state index in [1.807, 2.05) is 22.6 Å². The zero-order valence-corrected chi connectivity index (χ0v) is 11.9. The number of halogens is 2. The van der Waals surface area contributed by atoms with E-state index in [2.05, 4.69) is 32.2 Å². The molecule has 0 radical (unpaired) electrons. The van der Waals surface area contributed by atoms with Crippen LogP contribution in [0.1, 0.15) is 5.56 Å². The van der Waals surface area contributed by atoms with Gasteiger partial charge < -0.3 is 0 Å². The monoisotopic (exact) mass is 332 g/mol. The molecule has 2 heterocycles. The summed E-state index contributed by atoms with van der Waals surface area (Å²) in [5.41, 5.74) is 2.05. The lowest BCUT2D eigenvalue weighted by atomic mass is 10.2. The molecule has 6 heteroatoms. The third-order valence-electron chi connectivity index (χ3n) is 2.72. The molecule has 0 unspecified atom stereocenters. The van der Waals surface area contributed by atoms with Gasteiger partial charge in [0, 0.05) is 22.3 Å². The summed E-state index contributed by atoms with van der Waals surface area (Å²) in [6, 6.07) is 11.1. The van der Waals surface area contributed by atoms with Gasteiger partial charge in [-0.05, 0) is 40.2 Å². The average molecular weight is 334 g/mol. The second-order valence-corrected chi connectivity index (χ2v) is 5.17. The second-order valence-electron chi connectivity index (χ2n) is 3.91. The molecule has 0 amide bonds. The van der Waals surface area contributed by atoms with Crippen molar-refractivity contribution in [2.75, 3.05) is 0 Å². The van der Waals surface area contributed by atoms with Gasteiger partial charge in [0.05, 0.1) is 16.7 Å². The zero-order valence-electron chi connectivity index (χ0n) is 9.51. The molecule has 0 saturated heterocycles. The summed E-state index contributed by atoms with van der Waals surface area (Å²) in [6.07, 6.45) is 1.78. The van der Waals surface area contributed by atoms with Gasteiger partial charge >= 0.3 is 0 Å². The van der Waals surface area contributed by atoms with Crippen LogP contribution in [0, 0.1) is 11.3 Å². The quantitative estimate of drug-likeness (QED) is 0.682. The number of pyridine rings is 1. The van der Waals surface area contributed by atoms with E-state index in [1.54, 1.807) is 18.3 Å². The fourth-order valence-electron chi connectivity index (χ4n) is 1.79. The Labute approximate surface area is 122 Å². The van der Waals surface area contributed by atoms with Crippen LogP contribution < -0.4 is 0 Å². The Morgan fingerprint density at radius 1 is 1.21 bits per heavy atom. The van der Waals surface area contributed by atoms with Gasteiger partial charge in [-0.3, -0.25) is 4.40 Å². The normalized spacial score (nSPS) is 10.6. The van der Waals surface area contributed by atoms with Crippen molar-refractivity contribution < 1.29 is 0 Å². The maximum atomic E-state index is 8.86. The van der Waals surface area contributed by atoms with E-state index >= 15 is 0 Å². The molecule has 19 heavy (non-hydrogen) atoms. The van der Waals surface area contributed by atoms with Crippen LogP contribution in [0.5, 0.6) is 0 Å². The Morgan fingerprint density at radius 2 is 2.05 bits per heavy atom. The molecule has 0 spiro atoms. The second kappa shape index (κ2) is 4.65. The van der Waals surface area contributed by atoms with Crippen molar-refractivity contribution in [1.82, 2.24) is 14.6 Å². The first-order chi connectivity index (χ1) is 9.19. The van der Waals surface area contributed by atoms with Crippen LogP contribution in [0.2, 0.25) is 5.02 Å². The molecule has 0 bridgehead atoms. The largest absolute Gasteiger partial charge is 0.282 e. The van der Waals surface area contributed by atoms with Crippen molar-refractivity contribution in [3.63, 3.8) is 0 Å². The number of nitriles is 1. The Kier molecular flexibility index (Phi) is 2.97. The van der Waals surface area contributed by atoms with Gasteiger partial charge in [-0.1, -0.05) is 11.6 Å². The zero-order chi connectivity index (χ0) is 13.4. The van der Waals surface area contributed by atoms with Gasteiger partial charge in [-0.15, -0.1) is 10.2 Å². The van der Waals surface area contributed by atoms with E-state index in [0.717, 1.165) is 10.0 Å². The topological polar surface area (TPSA) is 54.0 Å². The van der Waals surface area contributed by atoms with Crippen LogP contribution in [0.4, 0.5) is 0 Å². The fourth-order valence-corrected chi connectivity index (χ4v) is 2.22. The molecule has 1 aromatic carbocycles. The molecule has 3 aromatic rings. The van der Waals surface area contributed by atoms with E-state index < -0.39 is 0 Å². The molecule has 0 aliphatic carbocycles. The third kappa shape index (κ3) is 2.09. The molecule has 92 valence electrons. The smallest absolute Gasteiger partial charge is 0.168 e. The van der Waals surface area contributed by atoms with E-state index in [0.29, 0.717) is 22.1 Å². The first-order valence-corrected chi connectivity index (χ1v) is 6.56. The van der Waals surface area contributed by atoms with Gasteiger partial charge in [0.25, 0.3) is 0 Å². The summed E-state index contributed by atoms with van der Waals surface area (Å²) in [5.74, 6) is 0.689. The minimum absolute atomic E-state index is 0.556. The molecular weight excluding hydrogens is 328 g/mol. The maximum absolute atomic E-state index is 8.86. The average Bonchev–Trinajstić information content (AvgIpc) is 2.84. The van der Waals surface area contributed by atoms with Gasteiger partial charge in [-0.25, -0.2) is 0 Å². The van der Waals surface area contributed by atoms with Crippen LogP contribution in [-0.2, 0) is 0 Å². The third-order valence-corrected chi connectivity index (χ3v) is 3.95. The highest BCUT2D eigenvalue weighted by Crippen LogP contribution is 2.28. The number of hydrogen-bond donors (Lipinski definition) is 0. The standard InChI is InChI=1S/C13H6BrClN4/c14-10-2-1-9(6-11(10)15)13-18-17-12-5-8(7-16)3-4-19(12)13/h1-6H. The number of nitrogens with zero attached hydrogens (tertiary/aromatic N) is 4. The Bertz CT molecular complexity index is 819. The maximum Gasteiger partial charge on any atom is 0.168 e. The van der Waals surface area contributed by atoms with Crippen molar-refractivity contribution in [2.24, 2.45) is 0 Å². The highest BCUT2D eigenvalue weighted by Gasteiger charge is 2.09. The predicted molar refractivity (Wildman–Crippen MR) is 75.8 cm³/mol. The van der Waals surface area contributed by atoms with Crippen molar-refractivity contribution >= 4 is 33.2 Å². The van der Waals surface area contributed by atoms with Crippen LogP contribution in [0.3, 0.4) is 0 Å². The van der Waals surface area contributed by atoms with E-state index in [9.17, 15) is 0 Å². The number of hydrogen-bond acceptors (Lipinski definition) is 3. The number of aromatic nitrogens is 3. The summed E-state index contributed by atoms with van der Waals surface area (Å²) in [7, 11) is 0. The highest BCUT2D eigenvalue weighted by molar-refractivity contribution is 9.10.